The average molecular weight is 442 g/mol. The first kappa shape index (κ1) is 23.8. The minimum Gasteiger partial charge on any atom is -0.463 e. The first-order chi connectivity index (χ1) is 14.6. The highest BCUT2D eigenvalue weighted by atomic mass is 16.8. The van der Waals surface area contributed by atoms with Crippen LogP contribution in [0.2, 0.25) is 0 Å². The van der Waals surface area contributed by atoms with Crippen LogP contribution in [-0.2, 0) is 47.6 Å². The van der Waals surface area contributed by atoms with Gasteiger partial charge in [-0.2, -0.15) is 0 Å². The van der Waals surface area contributed by atoms with Gasteiger partial charge >= 0.3 is 30.0 Å². The van der Waals surface area contributed by atoms with Crippen LogP contribution >= 0.6 is 0 Å². The minimum atomic E-state index is -1.60. The van der Waals surface area contributed by atoms with Gasteiger partial charge in [-0.3, -0.25) is 19.2 Å². The monoisotopic (exact) mass is 442 g/mol. The maximum atomic E-state index is 12.4. The maximum Gasteiger partial charge on any atom is 0.421 e. The predicted molar refractivity (Wildman–Crippen MR) is 96.1 cm³/mol. The van der Waals surface area contributed by atoms with E-state index in [0.29, 0.717) is 0 Å². The fourth-order valence-electron chi connectivity index (χ4n) is 2.81. The van der Waals surface area contributed by atoms with E-state index in [1.807, 2.05) is 0 Å². The second kappa shape index (κ2) is 10.5. The number of hydrogen-bond donors (Lipinski definition) is 0. The lowest BCUT2D eigenvalue weighted by Gasteiger charge is -2.43. The van der Waals surface area contributed by atoms with Crippen molar-refractivity contribution in [2.75, 3.05) is 6.61 Å². The van der Waals surface area contributed by atoms with Gasteiger partial charge in [-0.25, -0.2) is 14.3 Å². The number of imidazole rings is 1. The van der Waals surface area contributed by atoms with Crippen LogP contribution < -0.4 is 0 Å². The molecule has 0 radical (unpaired) electrons. The summed E-state index contributed by atoms with van der Waals surface area (Å²) in [4.78, 5) is 62.4. The van der Waals surface area contributed by atoms with Crippen LogP contribution in [0.3, 0.4) is 0 Å². The lowest BCUT2D eigenvalue weighted by molar-refractivity contribution is -0.294. The Bertz CT molecular complexity index is 822. The van der Waals surface area contributed by atoms with Crippen molar-refractivity contribution >= 4 is 30.0 Å². The molecular formula is C18H22N2O11. The van der Waals surface area contributed by atoms with Crippen molar-refractivity contribution in [2.45, 2.75) is 58.4 Å². The fourth-order valence-corrected chi connectivity index (χ4v) is 2.81. The summed E-state index contributed by atoms with van der Waals surface area (Å²) in [5.74, 6) is -3.04. The number of carbonyl (C=O) groups is 5. The van der Waals surface area contributed by atoms with Gasteiger partial charge in [-0.05, 0) is 0 Å². The average Bonchev–Trinajstić information content (AvgIpc) is 3.18. The Morgan fingerprint density at radius 2 is 1.42 bits per heavy atom. The van der Waals surface area contributed by atoms with Gasteiger partial charge in [-0.15, -0.1) is 0 Å². The molecule has 2 unspecified atom stereocenters. The van der Waals surface area contributed by atoms with E-state index in [4.69, 9.17) is 28.4 Å². The topological polar surface area (TPSA) is 159 Å². The Kier molecular flexibility index (Phi) is 8.07. The van der Waals surface area contributed by atoms with Crippen molar-refractivity contribution in [2.24, 2.45) is 0 Å². The summed E-state index contributed by atoms with van der Waals surface area (Å²) in [6.07, 6.45) is -4.24. The molecule has 13 heteroatoms. The lowest BCUT2D eigenvalue weighted by atomic mass is 9.98. The van der Waals surface area contributed by atoms with Crippen molar-refractivity contribution in [3.8, 4) is 0 Å². The molecule has 0 amide bonds. The Balaban J connectivity index is 2.41. The van der Waals surface area contributed by atoms with Crippen LogP contribution in [0.15, 0.2) is 18.7 Å². The van der Waals surface area contributed by atoms with Crippen LogP contribution in [0, 0.1) is 0 Å². The third kappa shape index (κ3) is 6.77. The van der Waals surface area contributed by atoms with E-state index < -0.39 is 67.3 Å². The maximum absolute atomic E-state index is 12.4. The number of esters is 4. The molecule has 1 aromatic heterocycles. The summed E-state index contributed by atoms with van der Waals surface area (Å²) in [5, 5.41) is 0. The number of nitrogens with zero attached hydrogens (tertiary/aromatic N) is 2. The van der Waals surface area contributed by atoms with E-state index >= 15 is 0 Å². The van der Waals surface area contributed by atoms with Crippen LogP contribution in [0.5, 0.6) is 0 Å². The molecule has 0 spiro atoms. The van der Waals surface area contributed by atoms with Crippen molar-refractivity contribution in [1.29, 1.82) is 0 Å². The van der Waals surface area contributed by atoms with E-state index in [9.17, 15) is 24.0 Å². The van der Waals surface area contributed by atoms with Gasteiger partial charge in [0.25, 0.3) is 0 Å². The standard InChI is InChI=1S/C18H22N2O11/c1-9(21)26-7-13-14(27-10(2)22)15(28-11(3)23)16(29-12(4)24)17(30-13)31-18(25)20-6-5-19-8-20/h5-6,8,13-17H,7H2,1-4H3/t13?,14-,15+,16-,17?/m1/s1. The van der Waals surface area contributed by atoms with E-state index in [-0.39, 0.29) is 0 Å². The SMILES string of the molecule is CC(=O)OCC1OC(OC(=O)n2ccnc2)[C@H](OC(C)=O)[C@@H](OC(C)=O)[C@@H]1OC(C)=O. The van der Waals surface area contributed by atoms with E-state index in [0.717, 1.165) is 38.6 Å². The van der Waals surface area contributed by atoms with Gasteiger partial charge in [0.1, 0.15) is 19.0 Å². The van der Waals surface area contributed by atoms with Crippen LogP contribution in [0.4, 0.5) is 4.79 Å². The molecule has 1 fully saturated rings. The Labute approximate surface area is 176 Å². The van der Waals surface area contributed by atoms with Crippen molar-refractivity contribution in [3.63, 3.8) is 0 Å². The minimum absolute atomic E-state index is 0.434. The smallest absolute Gasteiger partial charge is 0.421 e. The number of ether oxygens (including phenoxy) is 6. The first-order valence-corrected chi connectivity index (χ1v) is 9.08. The molecule has 0 aliphatic carbocycles. The van der Waals surface area contributed by atoms with Crippen LogP contribution in [0.25, 0.3) is 0 Å². The first-order valence-electron chi connectivity index (χ1n) is 9.08. The van der Waals surface area contributed by atoms with Crippen LogP contribution in [0.1, 0.15) is 27.7 Å². The van der Waals surface area contributed by atoms with E-state index in [1.165, 1.54) is 12.4 Å². The van der Waals surface area contributed by atoms with Gasteiger partial charge in [0.2, 0.25) is 12.4 Å². The molecule has 5 atom stereocenters. The highest BCUT2D eigenvalue weighted by Gasteiger charge is 2.53. The summed E-state index contributed by atoms with van der Waals surface area (Å²) in [6.45, 7) is 3.96. The molecule has 0 bridgehead atoms. The van der Waals surface area contributed by atoms with Crippen molar-refractivity contribution in [3.05, 3.63) is 18.7 Å². The molecule has 1 saturated heterocycles. The Morgan fingerprint density at radius 3 is 1.94 bits per heavy atom. The Hall–Kier alpha value is -3.48. The van der Waals surface area contributed by atoms with Gasteiger partial charge in [0.05, 0.1) is 0 Å². The molecule has 1 aliphatic rings. The fraction of sp³-hybridized carbons (Fsp3) is 0.556. The van der Waals surface area contributed by atoms with E-state index in [2.05, 4.69) is 4.98 Å². The summed E-state index contributed by atoms with van der Waals surface area (Å²) in [7, 11) is 0. The summed E-state index contributed by atoms with van der Waals surface area (Å²) in [5.41, 5.74) is 0. The molecule has 31 heavy (non-hydrogen) atoms. The molecule has 170 valence electrons. The highest BCUT2D eigenvalue weighted by molar-refractivity contribution is 5.71. The zero-order valence-electron chi connectivity index (χ0n) is 17.2. The largest absolute Gasteiger partial charge is 0.463 e. The van der Waals surface area contributed by atoms with Crippen molar-refractivity contribution < 1.29 is 52.4 Å². The zero-order valence-corrected chi connectivity index (χ0v) is 17.2. The molecule has 1 aromatic rings. The molecule has 0 aromatic carbocycles. The number of aromatic nitrogens is 2. The molecule has 2 rings (SSSR count). The second-order valence-electron chi connectivity index (χ2n) is 6.42. The molecule has 2 heterocycles. The zero-order chi connectivity index (χ0) is 23.1. The number of rotatable bonds is 6. The normalized spacial score (nSPS) is 25.1. The van der Waals surface area contributed by atoms with Crippen molar-refractivity contribution in [1.82, 2.24) is 9.55 Å². The number of carbonyl (C=O) groups excluding carboxylic acids is 5. The summed E-state index contributed by atoms with van der Waals surface area (Å²) in [6, 6.07) is 0. The molecule has 0 N–H and O–H groups in total. The predicted octanol–water partition coefficient (Wildman–Crippen LogP) is -0.0491. The quantitative estimate of drug-likeness (QED) is 0.428. The lowest BCUT2D eigenvalue weighted by Crippen LogP contribution is -2.63. The second-order valence-corrected chi connectivity index (χ2v) is 6.42. The highest BCUT2D eigenvalue weighted by Crippen LogP contribution is 2.30. The summed E-state index contributed by atoms with van der Waals surface area (Å²) >= 11 is 0. The van der Waals surface area contributed by atoms with Gasteiger partial charge in [0.15, 0.2) is 12.2 Å². The molecule has 0 saturated carbocycles. The summed E-state index contributed by atoms with van der Waals surface area (Å²) < 4.78 is 32.4. The van der Waals surface area contributed by atoms with Crippen LogP contribution in [-0.4, -0.2) is 76.8 Å². The van der Waals surface area contributed by atoms with Gasteiger partial charge in [0, 0.05) is 40.1 Å². The Morgan fingerprint density at radius 1 is 0.839 bits per heavy atom. The third-order valence-electron chi connectivity index (χ3n) is 3.88. The van der Waals surface area contributed by atoms with Gasteiger partial charge in [-0.1, -0.05) is 0 Å². The molecule has 1 aliphatic heterocycles. The van der Waals surface area contributed by atoms with Gasteiger partial charge < -0.3 is 28.4 Å². The van der Waals surface area contributed by atoms with E-state index in [1.54, 1.807) is 0 Å². The number of hydrogen-bond acceptors (Lipinski definition) is 12. The molecular weight excluding hydrogens is 420 g/mol. The third-order valence-corrected chi connectivity index (χ3v) is 3.88. The molecule has 13 nitrogen and oxygen atoms in total.